The minimum Gasteiger partial charge on any atom is -0.321 e. The molecule has 0 spiro atoms. The topological polar surface area (TPSA) is 56.6 Å². The second-order valence-electron chi connectivity index (χ2n) is 4.55. The number of nitrogens with zero attached hydrogens (tertiary/aromatic N) is 1. The second kappa shape index (κ2) is 5.98. The fourth-order valence-corrected chi connectivity index (χ4v) is 3.09. The third kappa shape index (κ3) is 2.67. The number of pyridine rings is 1. The highest BCUT2D eigenvalue weighted by Crippen LogP contribution is 2.30. The molecule has 2 aromatic heterocycles. The first kappa shape index (κ1) is 14.9. The molecule has 1 N–H and O–H groups in total. The van der Waals surface area contributed by atoms with Gasteiger partial charge in [0.05, 0.1) is 10.0 Å². The van der Waals surface area contributed by atoms with Crippen molar-refractivity contribution in [3.63, 3.8) is 0 Å². The molecule has 0 radical (unpaired) electrons. The predicted molar refractivity (Wildman–Crippen MR) is 90.5 cm³/mol. The number of thiophene rings is 1. The van der Waals surface area contributed by atoms with Gasteiger partial charge in [-0.2, -0.15) is 16.6 Å². The molecule has 0 fully saturated rings. The van der Waals surface area contributed by atoms with Crippen LogP contribution in [-0.4, -0.2) is 4.98 Å². The summed E-state index contributed by atoms with van der Waals surface area (Å²) in [5.41, 5.74) is 2.44. The molecule has 0 aliphatic heterocycles. The normalized spacial score (nSPS) is 10.4. The molecule has 0 atom stereocenters. The lowest BCUT2D eigenvalue weighted by molar-refractivity contribution is 1.22. The second-order valence-corrected chi connectivity index (χ2v) is 6.15. The fraction of sp³-hybridized carbons (Fsp3) is 0. The van der Waals surface area contributed by atoms with E-state index in [0.29, 0.717) is 21.3 Å². The minimum absolute atomic E-state index is 0.0993. The van der Waals surface area contributed by atoms with E-state index in [1.54, 1.807) is 24.3 Å². The van der Waals surface area contributed by atoms with Gasteiger partial charge in [0, 0.05) is 11.3 Å². The average molecular weight is 347 g/mol. The van der Waals surface area contributed by atoms with Crippen LogP contribution in [-0.2, 0) is 0 Å². The molecule has 108 valence electrons. The van der Waals surface area contributed by atoms with E-state index in [0.717, 1.165) is 11.1 Å². The molecule has 3 rings (SSSR count). The van der Waals surface area contributed by atoms with Crippen LogP contribution in [0.1, 0.15) is 5.56 Å². The maximum absolute atomic E-state index is 12.2. The van der Waals surface area contributed by atoms with Crippen LogP contribution in [0.15, 0.2) is 45.9 Å². The highest BCUT2D eigenvalue weighted by atomic mass is 35.5. The highest BCUT2D eigenvalue weighted by Gasteiger charge is 2.13. The zero-order valence-corrected chi connectivity index (χ0v) is 13.4. The van der Waals surface area contributed by atoms with Crippen molar-refractivity contribution in [1.29, 1.82) is 5.26 Å². The quantitative estimate of drug-likeness (QED) is 0.713. The Labute approximate surface area is 140 Å². The Bertz CT molecular complexity index is 940. The Morgan fingerprint density at radius 2 is 1.91 bits per heavy atom. The number of nitrogens with one attached hydrogen (secondary N) is 1. The van der Waals surface area contributed by atoms with Gasteiger partial charge in [0.1, 0.15) is 11.6 Å². The van der Waals surface area contributed by atoms with E-state index in [-0.39, 0.29) is 5.56 Å². The van der Waals surface area contributed by atoms with Gasteiger partial charge >= 0.3 is 0 Å². The molecular weight excluding hydrogens is 339 g/mol. The van der Waals surface area contributed by atoms with Gasteiger partial charge in [-0.1, -0.05) is 29.3 Å². The lowest BCUT2D eigenvalue weighted by atomic mass is 10.0. The molecule has 3 aromatic rings. The maximum Gasteiger partial charge on any atom is 0.266 e. The summed E-state index contributed by atoms with van der Waals surface area (Å²) in [6.45, 7) is 0. The van der Waals surface area contributed by atoms with E-state index >= 15 is 0 Å². The van der Waals surface area contributed by atoms with Crippen molar-refractivity contribution in [2.75, 3.05) is 0 Å². The molecule has 22 heavy (non-hydrogen) atoms. The van der Waals surface area contributed by atoms with Crippen molar-refractivity contribution in [1.82, 2.24) is 4.98 Å². The lowest BCUT2D eigenvalue weighted by Gasteiger charge is -2.07. The summed E-state index contributed by atoms with van der Waals surface area (Å²) in [6.07, 6.45) is 0. The van der Waals surface area contributed by atoms with Crippen molar-refractivity contribution in [2.45, 2.75) is 0 Å². The smallest absolute Gasteiger partial charge is 0.266 e. The molecule has 0 saturated carbocycles. The molecule has 0 unspecified atom stereocenters. The molecule has 2 heterocycles. The largest absolute Gasteiger partial charge is 0.321 e. The van der Waals surface area contributed by atoms with Crippen molar-refractivity contribution in [2.24, 2.45) is 0 Å². The van der Waals surface area contributed by atoms with E-state index in [1.807, 2.05) is 22.9 Å². The Morgan fingerprint density at radius 3 is 2.55 bits per heavy atom. The number of benzene rings is 1. The monoisotopic (exact) mass is 346 g/mol. The molecule has 0 saturated heterocycles. The van der Waals surface area contributed by atoms with Gasteiger partial charge in [0.15, 0.2) is 0 Å². The van der Waals surface area contributed by atoms with Crippen molar-refractivity contribution < 1.29 is 0 Å². The number of H-pyrrole nitrogens is 1. The van der Waals surface area contributed by atoms with Gasteiger partial charge in [0.25, 0.3) is 5.56 Å². The van der Waals surface area contributed by atoms with Crippen molar-refractivity contribution in [3.05, 3.63) is 67.1 Å². The van der Waals surface area contributed by atoms with E-state index in [1.165, 1.54) is 11.3 Å². The van der Waals surface area contributed by atoms with Crippen LogP contribution in [0.5, 0.6) is 0 Å². The molecule has 1 aromatic carbocycles. The Balaban J connectivity index is 2.24. The van der Waals surface area contributed by atoms with Crippen LogP contribution < -0.4 is 5.56 Å². The number of hydrogen-bond acceptors (Lipinski definition) is 3. The first-order valence-corrected chi connectivity index (χ1v) is 7.95. The van der Waals surface area contributed by atoms with Crippen LogP contribution in [0.2, 0.25) is 10.0 Å². The van der Waals surface area contributed by atoms with Crippen LogP contribution in [0, 0.1) is 11.3 Å². The summed E-state index contributed by atoms with van der Waals surface area (Å²) in [6, 6.07) is 10.7. The summed E-state index contributed by atoms with van der Waals surface area (Å²) < 4.78 is 0. The maximum atomic E-state index is 12.2. The summed E-state index contributed by atoms with van der Waals surface area (Å²) in [5.74, 6) is 0. The van der Waals surface area contributed by atoms with Gasteiger partial charge in [-0.05, 0) is 46.2 Å². The molecule has 0 aliphatic carbocycles. The molecule has 6 heteroatoms. The first-order chi connectivity index (χ1) is 10.6. The first-order valence-electron chi connectivity index (χ1n) is 6.25. The Morgan fingerprint density at radius 1 is 1.09 bits per heavy atom. The number of halogens is 2. The van der Waals surface area contributed by atoms with Crippen LogP contribution in [0.4, 0.5) is 0 Å². The SMILES string of the molecule is N#Cc1c(-c2ccsc2)cc(-c2ccc(Cl)c(Cl)c2)[nH]c1=O. The molecule has 0 aliphatic rings. The van der Waals surface area contributed by atoms with E-state index in [9.17, 15) is 10.1 Å². The molecule has 0 amide bonds. The number of hydrogen-bond donors (Lipinski definition) is 1. The van der Waals surface area contributed by atoms with Crippen LogP contribution in [0.25, 0.3) is 22.4 Å². The fourth-order valence-electron chi connectivity index (χ4n) is 2.14. The zero-order chi connectivity index (χ0) is 15.7. The Kier molecular flexibility index (Phi) is 4.04. The predicted octanol–water partition coefficient (Wildman–Crippen LogP) is 4.95. The Hall–Kier alpha value is -2.06. The minimum atomic E-state index is -0.424. The third-order valence-corrected chi connectivity index (χ3v) is 4.63. The molecule has 3 nitrogen and oxygen atoms in total. The van der Waals surface area contributed by atoms with E-state index in [4.69, 9.17) is 23.2 Å². The van der Waals surface area contributed by atoms with Gasteiger partial charge in [0.2, 0.25) is 0 Å². The summed E-state index contributed by atoms with van der Waals surface area (Å²) in [4.78, 5) is 14.9. The average Bonchev–Trinajstić information content (AvgIpc) is 3.03. The van der Waals surface area contributed by atoms with Crippen molar-refractivity contribution in [3.8, 4) is 28.5 Å². The third-order valence-electron chi connectivity index (χ3n) is 3.21. The van der Waals surface area contributed by atoms with Crippen LogP contribution >= 0.6 is 34.5 Å². The van der Waals surface area contributed by atoms with Gasteiger partial charge < -0.3 is 4.98 Å². The number of nitriles is 1. The summed E-state index contributed by atoms with van der Waals surface area (Å²) in [5, 5.41) is 13.9. The number of aromatic amines is 1. The van der Waals surface area contributed by atoms with E-state index in [2.05, 4.69) is 4.98 Å². The molecular formula is C16H8Cl2N2OS. The summed E-state index contributed by atoms with van der Waals surface area (Å²) >= 11 is 13.4. The van der Waals surface area contributed by atoms with E-state index < -0.39 is 5.56 Å². The number of aromatic nitrogens is 1. The summed E-state index contributed by atoms with van der Waals surface area (Å²) in [7, 11) is 0. The van der Waals surface area contributed by atoms with Crippen molar-refractivity contribution >= 4 is 34.5 Å². The standard InChI is InChI=1S/C16H8Cl2N2OS/c17-13-2-1-9(5-14(13)18)15-6-11(10-3-4-22-8-10)12(7-19)16(21)20-15/h1-6,8H,(H,20,21). The highest BCUT2D eigenvalue weighted by molar-refractivity contribution is 7.08. The van der Waals surface area contributed by atoms with Crippen LogP contribution in [0.3, 0.4) is 0 Å². The molecule has 0 bridgehead atoms. The zero-order valence-electron chi connectivity index (χ0n) is 11.1. The van der Waals surface area contributed by atoms with Gasteiger partial charge in [-0.3, -0.25) is 4.79 Å². The number of rotatable bonds is 2. The lowest BCUT2D eigenvalue weighted by Crippen LogP contribution is -2.12. The van der Waals surface area contributed by atoms with Gasteiger partial charge in [-0.25, -0.2) is 0 Å². The van der Waals surface area contributed by atoms with Gasteiger partial charge in [-0.15, -0.1) is 0 Å².